The molecule has 0 spiro atoms. The summed E-state index contributed by atoms with van der Waals surface area (Å²) in [6.45, 7) is 2.66. The van der Waals surface area contributed by atoms with Crippen molar-refractivity contribution in [1.82, 2.24) is 9.80 Å². The Labute approximate surface area is 234 Å². The summed E-state index contributed by atoms with van der Waals surface area (Å²) in [4.78, 5) is 40.2. The molecule has 196 valence electrons. The molecule has 1 fully saturated rings. The molecular formula is C23H26Cl3N3O5S2. The summed E-state index contributed by atoms with van der Waals surface area (Å²) in [6, 6.07) is 12.4. The quantitative estimate of drug-likeness (QED) is 0.307. The second-order valence-electron chi connectivity index (χ2n) is 7.98. The number of halogens is 3. The summed E-state index contributed by atoms with van der Waals surface area (Å²) in [5.41, 5.74) is 1.55. The van der Waals surface area contributed by atoms with E-state index in [1.807, 2.05) is 30.3 Å². The lowest BCUT2D eigenvalue weighted by Gasteiger charge is -2.32. The van der Waals surface area contributed by atoms with Crippen molar-refractivity contribution in [3.05, 3.63) is 63.6 Å². The van der Waals surface area contributed by atoms with Crippen molar-refractivity contribution in [3.8, 4) is 0 Å². The second-order valence-corrected chi connectivity index (χ2v) is 10.8. The van der Waals surface area contributed by atoms with Gasteiger partial charge in [0.2, 0.25) is 5.91 Å². The van der Waals surface area contributed by atoms with Crippen LogP contribution in [-0.4, -0.2) is 63.2 Å². The van der Waals surface area contributed by atoms with Gasteiger partial charge in [-0.3, -0.25) is 4.79 Å². The molecule has 1 amide bonds. The maximum Gasteiger partial charge on any atom is 0.386 e. The van der Waals surface area contributed by atoms with Crippen LogP contribution in [0.4, 0.5) is 15.3 Å². The molecule has 2 N–H and O–H groups in total. The van der Waals surface area contributed by atoms with Crippen molar-refractivity contribution in [2.24, 2.45) is 0 Å². The molecule has 8 nitrogen and oxygen atoms in total. The Hall–Kier alpha value is -1.82. The highest BCUT2D eigenvalue weighted by molar-refractivity contribution is 8.30. The van der Waals surface area contributed by atoms with E-state index in [9.17, 15) is 24.6 Å². The average molecular weight is 595 g/mol. The number of carbonyl (C=O) groups excluding carboxylic acids is 1. The van der Waals surface area contributed by atoms with Crippen LogP contribution in [0.15, 0.2) is 42.5 Å². The van der Waals surface area contributed by atoms with E-state index in [1.165, 1.54) is 12.1 Å². The van der Waals surface area contributed by atoms with E-state index in [1.54, 1.807) is 11.9 Å². The van der Waals surface area contributed by atoms with Crippen LogP contribution in [-0.2, 0) is 11.2 Å². The summed E-state index contributed by atoms with van der Waals surface area (Å²) in [5, 5.41) is 16.2. The lowest BCUT2D eigenvalue weighted by atomic mass is 10.0. The van der Waals surface area contributed by atoms with Crippen LogP contribution < -0.4 is 3.71 Å². The second kappa shape index (κ2) is 14.2. The van der Waals surface area contributed by atoms with Gasteiger partial charge in [-0.05, 0) is 49.2 Å². The van der Waals surface area contributed by atoms with Crippen LogP contribution in [0.1, 0.15) is 30.0 Å². The highest BCUT2D eigenvalue weighted by atomic mass is 35.5. The van der Waals surface area contributed by atoms with Crippen molar-refractivity contribution in [1.29, 1.82) is 0 Å². The number of amides is 1. The van der Waals surface area contributed by atoms with Gasteiger partial charge in [-0.25, -0.2) is 13.3 Å². The Morgan fingerprint density at radius 3 is 2.11 bits per heavy atom. The zero-order valence-electron chi connectivity index (χ0n) is 19.3. The molecule has 0 aromatic heterocycles. The lowest BCUT2D eigenvalue weighted by molar-refractivity contribution is -0.131. The highest BCUT2D eigenvalue weighted by Gasteiger charge is 2.28. The molecule has 1 aliphatic rings. The Morgan fingerprint density at radius 1 is 1.00 bits per heavy atom. The number of nitrogens with zero attached hydrogens (tertiary/aromatic N) is 3. The third kappa shape index (κ3) is 8.36. The van der Waals surface area contributed by atoms with E-state index in [4.69, 9.17) is 23.2 Å². The van der Waals surface area contributed by atoms with Crippen molar-refractivity contribution < 1.29 is 24.6 Å². The number of hydrogen-bond acceptors (Lipinski definition) is 7. The van der Waals surface area contributed by atoms with Crippen molar-refractivity contribution in [2.75, 3.05) is 30.4 Å². The Balaban J connectivity index is 0.00000456. The minimum absolute atomic E-state index is 0. The third-order valence-corrected chi connectivity index (χ3v) is 7.86. The van der Waals surface area contributed by atoms with Gasteiger partial charge in [0.15, 0.2) is 0 Å². The number of carboxylic acid groups (broad SMARTS) is 2. The van der Waals surface area contributed by atoms with Crippen LogP contribution in [0.2, 0.25) is 10.0 Å². The van der Waals surface area contributed by atoms with Crippen LogP contribution in [0.25, 0.3) is 0 Å². The van der Waals surface area contributed by atoms with Gasteiger partial charge < -0.3 is 20.0 Å². The van der Waals surface area contributed by atoms with Gasteiger partial charge in [-0.2, -0.15) is 0 Å². The Morgan fingerprint density at radius 2 is 1.56 bits per heavy atom. The van der Waals surface area contributed by atoms with E-state index < -0.39 is 10.6 Å². The molecule has 1 aliphatic heterocycles. The molecule has 0 unspecified atom stereocenters. The monoisotopic (exact) mass is 593 g/mol. The minimum atomic E-state index is -1.31. The standard InChI is InChI=1S/C23H25Cl2N3O5S2.ClH/c1-26(20(14-27-9-5-6-10-27)15-7-3-2-4-8-15)21(29)12-16-11-17(24)18(25)13-19(16)28(34-22(30)31)35-23(32)33;/h2-4,7-8,11,13,20H,5-6,9-10,12,14H2,1H3,(H,30,31)(H,32,33);1H/t20-;/m1./s1. The first kappa shape index (κ1) is 30.4. The maximum atomic E-state index is 13.5. The summed E-state index contributed by atoms with van der Waals surface area (Å²) in [5.74, 6) is -0.224. The van der Waals surface area contributed by atoms with Crippen LogP contribution in [0.5, 0.6) is 0 Å². The predicted molar refractivity (Wildman–Crippen MR) is 149 cm³/mol. The van der Waals surface area contributed by atoms with Gasteiger partial charge in [-0.1, -0.05) is 53.5 Å². The summed E-state index contributed by atoms with van der Waals surface area (Å²) in [7, 11) is 1.74. The van der Waals surface area contributed by atoms with Crippen LogP contribution >= 0.6 is 59.5 Å². The number of benzene rings is 2. The number of rotatable bonds is 9. The van der Waals surface area contributed by atoms with Crippen LogP contribution in [0, 0.1) is 0 Å². The van der Waals surface area contributed by atoms with E-state index in [-0.39, 0.29) is 70.4 Å². The molecule has 2 aromatic carbocycles. The fraction of sp³-hybridized carbons (Fsp3) is 0.348. The van der Waals surface area contributed by atoms with Crippen molar-refractivity contribution in [3.63, 3.8) is 0 Å². The molecule has 13 heteroatoms. The molecule has 0 radical (unpaired) electrons. The van der Waals surface area contributed by atoms with Crippen LogP contribution in [0.3, 0.4) is 0 Å². The first-order chi connectivity index (χ1) is 16.7. The summed E-state index contributed by atoms with van der Waals surface area (Å²) in [6.07, 6.45) is 2.14. The zero-order valence-corrected chi connectivity index (χ0v) is 23.3. The van der Waals surface area contributed by atoms with Gasteiger partial charge >= 0.3 is 10.6 Å². The van der Waals surface area contributed by atoms with E-state index in [0.717, 1.165) is 35.2 Å². The van der Waals surface area contributed by atoms with E-state index in [2.05, 4.69) is 4.90 Å². The van der Waals surface area contributed by atoms with Gasteiger partial charge in [0.25, 0.3) is 0 Å². The highest BCUT2D eigenvalue weighted by Crippen LogP contribution is 2.39. The Bertz CT molecular complexity index is 1060. The predicted octanol–water partition coefficient (Wildman–Crippen LogP) is 6.71. The van der Waals surface area contributed by atoms with Gasteiger partial charge in [-0.15, -0.1) is 12.4 Å². The fourth-order valence-corrected chi connectivity index (χ4v) is 5.64. The molecule has 1 heterocycles. The molecule has 36 heavy (non-hydrogen) atoms. The smallest absolute Gasteiger partial charge is 0.386 e. The molecule has 0 bridgehead atoms. The average Bonchev–Trinajstić information content (AvgIpc) is 3.32. The third-order valence-electron chi connectivity index (χ3n) is 5.66. The van der Waals surface area contributed by atoms with Gasteiger partial charge in [0.1, 0.15) is 0 Å². The topological polar surface area (TPSA) is 101 Å². The SMILES string of the molecule is CN(C(=O)Cc1cc(Cl)c(Cl)cc1N(SC(=O)O)SC(=O)O)[C@H](CN1CCCC1)c1ccccc1.Cl. The van der Waals surface area contributed by atoms with Crippen molar-refractivity contribution >= 4 is 81.7 Å². The number of carbonyl (C=O) groups is 3. The Kier molecular flexibility index (Phi) is 12.0. The first-order valence-electron chi connectivity index (χ1n) is 10.8. The molecule has 0 aliphatic carbocycles. The minimum Gasteiger partial charge on any atom is -0.472 e. The maximum absolute atomic E-state index is 13.5. The molecule has 0 saturated carbocycles. The van der Waals surface area contributed by atoms with Gasteiger partial charge in [0.05, 0.1) is 52.1 Å². The number of likely N-dealkylation sites (N-methyl/N-ethyl adjacent to an activating group) is 1. The number of likely N-dealkylation sites (tertiary alicyclic amines) is 1. The fourth-order valence-electron chi connectivity index (χ4n) is 3.95. The summed E-state index contributed by atoms with van der Waals surface area (Å²) < 4.78 is 0.994. The van der Waals surface area contributed by atoms with Crippen molar-refractivity contribution in [2.45, 2.75) is 25.3 Å². The zero-order chi connectivity index (χ0) is 25.5. The van der Waals surface area contributed by atoms with E-state index in [0.29, 0.717) is 12.1 Å². The number of hydrogen-bond donors (Lipinski definition) is 2. The number of anilines is 1. The van der Waals surface area contributed by atoms with Gasteiger partial charge in [0, 0.05) is 13.6 Å². The lowest BCUT2D eigenvalue weighted by Crippen LogP contribution is -2.39. The summed E-state index contributed by atoms with van der Waals surface area (Å²) >= 11 is 12.9. The van der Waals surface area contributed by atoms with E-state index >= 15 is 0 Å². The molecule has 2 aromatic rings. The normalized spacial score (nSPS) is 14.1. The molecule has 1 atom stereocenters. The first-order valence-corrected chi connectivity index (χ1v) is 13.1. The molecule has 3 rings (SSSR count). The molecular weight excluding hydrogens is 569 g/mol. The molecule has 1 saturated heterocycles. The largest absolute Gasteiger partial charge is 0.472 e.